The molecule has 2 aliphatic heterocycles. The van der Waals surface area contributed by atoms with Gasteiger partial charge >= 0.3 is 6.01 Å². The number of fused-ring (bicyclic) bond motifs is 2. The molecule has 2 aromatic heterocycles. The number of pyridine rings is 1. The standard InChI is InChI=1S/C31H33ClFN7O3/c1-19(43-23-7-8-23)18-42-31-36-26-17-38(27-15-35-13-21-5-4-6-25(32)28(21)27)10-9-24(26)29(37-31)39-11-12-40(30(41)20(2)33)22(16-39)14-34-3/h4-6,13,15,19,22-23H,2,7-12,14,16-18H2,1H3/t19-,22+/m1/s1. The van der Waals surface area contributed by atoms with E-state index in [0.29, 0.717) is 56.2 Å². The topological polar surface area (TPSA) is 88.3 Å². The molecule has 0 spiro atoms. The Bertz CT molecular complexity index is 1590. The van der Waals surface area contributed by atoms with Crippen LogP contribution in [0.2, 0.25) is 5.02 Å². The molecule has 3 aliphatic rings. The number of hydrogen-bond acceptors (Lipinski definition) is 8. The van der Waals surface area contributed by atoms with E-state index in [4.69, 9.17) is 37.6 Å². The molecule has 0 unspecified atom stereocenters. The summed E-state index contributed by atoms with van der Waals surface area (Å²) >= 11 is 6.64. The summed E-state index contributed by atoms with van der Waals surface area (Å²) in [6.07, 6.45) is 6.63. The lowest BCUT2D eigenvalue weighted by Gasteiger charge is -2.41. The second-order valence-corrected chi connectivity index (χ2v) is 11.6. The monoisotopic (exact) mass is 605 g/mol. The van der Waals surface area contributed by atoms with Gasteiger partial charge in [-0.15, -0.1) is 0 Å². The zero-order valence-electron chi connectivity index (χ0n) is 24.0. The Morgan fingerprint density at radius 2 is 2.07 bits per heavy atom. The van der Waals surface area contributed by atoms with Gasteiger partial charge in [-0.05, 0) is 32.3 Å². The van der Waals surface area contributed by atoms with Gasteiger partial charge in [-0.1, -0.05) is 30.3 Å². The molecule has 0 radical (unpaired) electrons. The van der Waals surface area contributed by atoms with Gasteiger partial charge in [0.1, 0.15) is 18.5 Å². The maximum absolute atomic E-state index is 13.8. The van der Waals surface area contributed by atoms with Gasteiger partial charge in [0.05, 0.1) is 41.4 Å². The molecule has 12 heteroatoms. The summed E-state index contributed by atoms with van der Waals surface area (Å²) < 4.78 is 25.8. The number of hydrogen-bond donors (Lipinski definition) is 0. The average Bonchev–Trinajstić information content (AvgIpc) is 3.83. The Hall–Kier alpha value is -4.01. The van der Waals surface area contributed by atoms with Crippen LogP contribution in [0.25, 0.3) is 15.6 Å². The van der Waals surface area contributed by atoms with Crippen molar-refractivity contribution in [2.45, 2.75) is 51.0 Å². The van der Waals surface area contributed by atoms with Crippen LogP contribution in [-0.4, -0.2) is 83.3 Å². The zero-order chi connectivity index (χ0) is 30.1. The van der Waals surface area contributed by atoms with Crippen LogP contribution in [0.3, 0.4) is 0 Å². The highest BCUT2D eigenvalue weighted by atomic mass is 35.5. The SMILES string of the molecule is [C-]#[N+]C[C@H]1CN(c2nc(OC[C@@H](C)OC3CC3)nc3c2CCN(c2cncc4cccc(Cl)c24)C3)CCN1C(=O)C(=C)F. The minimum atomic E-state index is -1.02. The fourth-order valence-electron chi connectivity index (χ4n) is 5.83. The van der Waals surface area contributed by atoms with Gasteiger partial charge in [0, 0.05) is 48.7 Å². The van der Waals surface area contributed by atoms with E-state index in [1.54, 1.807) is 0 Å². The van der Waals surface area contributed by atoms with E-state index < -0.39 is 17.8 Å². The average molecular weight is 606 g/mol. The number of rotatable bonds is 9. The number of piperazine rings is 1. The molecular formula is C31H33ClFN7O3. The van der Waals surface area contributed by atoms with Crippen molar-refractivity contribution in [3.05, 3.63) is 70.7 Å². The Morgan fingerprint density at radius 3 is 2.84 bits per heavy atom. The molecule has 43 heavy (non-hydrogen) atoms. The number of carbonyl (C=O) groups excluding carboxylic acids is 1. The summed E-state index contributed by atoms with van der Waals surface area (Å²) in [5.41, 5.74) is 2.74. The van der Waals surface area contributed by atoms with Crippen LogP contribution >= 0.6 is 11.6 Å². The molecule has 2 fully saturated rings. The van der Waals surface area contributed by atoms with E-state index in [1.165, 1.54) is 4.90 Å². The van der Waals surface area contributed by atoms with Crippen LogP contribution in [0.4, 0.5) is 15.9 Å². The minimum Gasteiger partial charge on any atom is -0.461 e. The first-order chi connectivity index (χ1) is 20.8. The fourth-order valence-corrected chi connectivity index (χ4v) is 6.11. The van der Waals surface area contributed by atoms with Crippen molar-refractivity contribution in [3.63, 3.8) is 0 Å². The van der Waals surface area contributed by atoms with Gasteiger partial charge in [0.25, 0.3) is 5.91 Å². The molecule has 2 atom stereocenters. The van der Waals surface area contributed by atoms with Crippen molar-refractivity contribution in [2.75, 3.05) is 49.1 Å². The van der Waals surface area contributed by atoms with E-state index in [9.17, 15) is 9.18 Å². The molecule has 1 amide bonds. The number of ether oxygens (including phenoxy) is 2. The number of nitrogens with zero attached hydrogens (tertiary/aromatic N) is 7. The van der Waals surface area contributed by atoms with E-state index in [1.807, 2.05) is 37.5 Å². The van der Waals surface area contributed by atoms with Crippen LogP contribution in [0.1, 0.15) is 31.0 Å². The minimum absolute atomic E-state index is 0.0464. The van der Waals surface area contributed by atoms with Gasteiger partial charge in [0.2, 0.25) is 6.54 Å². The third kappa shape index (κ3) is 6.21. The Labute approximate surface area is 254 Å². The molecule has 10 nitrogen and oxygen atoms in total. The first-order valence-electron chi connectivity index (χ1n) is 14.5. The summed E-state index contributed by atoms with van der Waals surface area (Å²) in [5, 5.41) is 2.56. The number of halogens is 2. The highest BCUT2D eigenvalue weighted by molar-refractivity contribution is 6.36. The number of aromatic nitrogens is 3. The van der Waals surface area contributed by atoms with Gasteiger partial charge in [-0.25, -0.2) is 11.0 Å². The van der Waals surface area contributed by atoms with Gasteiger partial charge in [0.15, 0.2) is 5.83 Å². The van der Waals surface area contributed by atoms with Crippen molar-refractivity contribution in [3.8, 4) is 6.01 Å². The summed E-state index contributed by atoms with van der Waals surface area (Å²) in [4.78, 5) is 35.8. The summed E-state index contributed by atoms with van der Waals surface area (Å²) in [5.74, 6) is -1.08. The molecule has 6 rings (SSSR count). The normalized spacial score (nSPS) is 19.1. The largest absolute Gasteiger partial charge is 0.461 e. The quantitative estimate of drug-likeness (QED) is 0.258. The molecule has 1 aromatic carbocycles. The Balaban J connectivity index is 1.32. The third-order valence-electron chi connectivity index (χ3n) is 8.05. The zero-order valence-corrected chi connectivity index (χ0v) is 24.8. The van der Waals surface area contributed by atoms with Gasteiger partial charge in [-0.3, -0.25) is 9.78 Å². The predicted octanol–water partition coefficient (Wildman–Crippen LogP) is 4.61. The van der Waals surface area contributed by atoms with Crippen molar-refractivity contribution < 1.29 is 18.7 Å². The molecule has 0 bridgehead atoms. The van der Waals surface area contributed by atoms with Crippen LogP contribution in [-0.2, 0) is 22.5 Å². The highest BCUT2D eigenvalue weighted by Crippen LogP contribution is 2.37. The lowest BCUT2D eigenvalue weighted by atomic mass is 10.0. The molecule has 1 saturated carbocycles. The first-order valence-corrected chi connectivity index (χ1v) is 14.9. The molecular weight excluding hydrogens is 573 g/mol. The third-order valence-corrected chi connectivity index (χ3v) is 8.36. The molecule has 3 aromatic rings. The molecule has 224 valence electrons. The lowest BCUT2D eigenvalue weighted by molar-refractivity contribution is -0.131. The van der Waals surface area contributed by atoms with Gasteiger partial charge in [-0.2, -0.15) is 9.97 Å². The van der Waals surface area contributed by atoms with E-state index in [2.05, 4.69) is 26.2 Å². The Morgan fingerprint density at radius 1 is 1.23 bits per heavy atom. The number of benzene rings is 1. The van der Waals surface area contributed by atoms with Gasteiger partial charge < -0.3 is 29.0 Å². The number of amides is 1. The van der Waals surface area contributed by atoms with Crippen LogP contribution in [0, 0.1) is 6.57 Å². The van der Waals surface area contributed by atoms with E-state index in [-0.39, 0.29) is 25.2 Å². The maximum atomic E-state index is 13.8. The van der Waals surface area contributed by atoms with E-state index >= 15 is 0 Å². The second-order valence-electron chi connectivity index (χ2n) is 11.2. The lowest BCUT2D eigenvalue weighted by Crippen LogP contribution is -2.57. The van der Waals surface area contributed by atoms with Crippen molar-refractivity contribution >= 4 is 39.8 Å². The van der Waals surface area contributed by atoms with Crippen LogP contribution < -0.4 is 14.5 Å². The number of carbonyl (C=O) groups is 1. The summed E-state index contributed by atoms with van der Waals surface area (Å²) in [6, 6.07) is 5.53. The number of anilines is 2. The van der Waals surface area contributed by atoms with Crippen LogP contribution in [0.5, 0.6) is 6.01 Å². The Kier molecular flexibility index (Phi) is 8.32. The van der Waals surface area contributed by atoms with Crippen molar-refractivity contribution in [1.29, 1.82) is 0 Å². The summed E-state index contributed by atoms with van der Waals surface area (Å²) in [6.45, 7) is 15.1. The molecule has 4 heterocycles. The second kappa shape index (κ2) is 12.3. The van der Waals surface area contributed by atoms with Crippen LogP contribution in [0.15, 0.2) is 43.0 Å². The highest BCUT2D eigenvalue weighted by Gasteiger charge is 2.36. The molecule has 1 aliphatic carbocycles. The smallest absolute Gasteiger partial charge is 0.318 e. The van der Waals surface area contributed by atoms with Crippen molar-refractivity contribution in [1.82, 2.24) is 19.9 Å². The van der Waals surface area contributed by atoms with E-state index in [0.717, 1.165) is 40.6 Å². The molecule has 1 saturated heterocycles. The van der Waals surface area contributed by atoms with Crippen molar-refractivity contribution in [2.24, 2.45) is 0 Å². The fraction of sp³-hybridized carbons (Fsp3) is 0.452. The first kappa shape index (κ1) is 29.1. The maximum Gasteiger partial charge on any atom is 0.318 e. The molecule has 0 N–H and O–H groups in total. The summed E-state index contributed by atoms with van der Waals surface area (Å²) in [7, 11) is 0. The predicted molar refractivity (Wildman–Crippen MR) is 162 cm³/mol.